The Morgan fingerprint density at radius 1 is 1.63 bits per heavy atom. The second kappa shape index (κ2) is 6.21. The van der Waals surface area contributed by atoms with Gasteiger partial charge in [-0.05, 0) is 18.6 Å². The van der Waals surface area contributed by atoms with Crippen LogP contribution in [0.1, 0.15) is 17.7 Å². The maximum absolute atomic E-state index is 12.3. The van der Waals surface area contributed by atoms with Crippen molar-refractivity contribution in [1.82, 2.24) is 10.2 Å². The lowest BCUT2D eigenvalue weighted by Crippen LogP contribution is -2.44. The third kappa shape index (κ3) is 3.58. The average molecular weight is 299 g/mol. The lowest BCUT2D eigenvalue weighted by molar-refractivity contribution is -0.134. The number of nitrogens with one attached hydrogen (secondary N) is 1. The molecule has 0 spiro atoms. The summed E-state index contributed by atoms with van der Waals surface area (Å²) in [7, 11) is 0. The molecule has 1 aromatic rings. The third-order valence-corrected chi connectivity index (χ3v) is 4.15. The van der Waals surface area contributed by atoms with Crippen molar-refractivity contribution in [3.05, 3.63) is 34.0 Å². The van der Waals surface area contributed by atoms with Gasteiger partial charge in [-0.25, -0.2) is 0 Å². The smallest absolute Gasteiger partial charge is 0.245 e. The number of nitrogens with zero attached hydrogens (tertiary/aromatic N) is 1. The molecule has 1 aliphatic rings. The lowest BCUT2D eigenvalue weighted by atomic mass is 10.2. The Morgan fingerprint density at radius 3 is 2.95 bits per heavy atom. The molecule has 0 saturated carbocycles. The summed E-state index contributed by atoms with van der Waals surface area (Å²) in [5, 5.41) is 2.70. The normalized spacial score (nSPS) is 18.2. The Kier molecular flexibility index (Phi) is 4.61. The van der Waals surface area contributed by atoms with E-state index in [0.29, 0.717) is 30.3 Å². The van der Waals surface area contributed by atoms with Gasteiger partial charge in [0.25, 0.3) is 0 Å². The molecule has 4 nitrogen and oxygen atoms in total. The Labute approximate surface area is 121 Å². The molecule has 1 atom stereocenters. The molecule has 1 N–H and O–H groups in total. The first-order chi connectivity index (χ1) is 9.10. The van der Waals surface area contributed by atoms with Crippen LogP contribution < -0.4 is 5.32 Å². The predicted octanol–water partition coefficient (Wildman–Crippen LogP) is 2.19. The quantitative estimate of drug-likeness (QED) is 0.847. The topological polar surface area (TPSA) is 49.4 Å². The number of carbonyl (C=O) groups excluding carboxylic acids is 2. The summed E-state index contributed by atoms with van der Waals surface area (Å²) in [6.45, 7) is 4.62. The molecule has 6 heteroatoms. The summed E-state index contributed by atoms with van der Waals surface area (Å²) in [6.07, 6.45) is 2.67. The fraction of sp³-hybridized carbons (Fsp3) is 0.385. The highest BCUT2D eigenvalue weighted by atomic mass is 35.5. The molecule has 0 bridgehead atoms. The second-order valence-electron chi connectivity index (χ2n) is 4.37. The number of rotatable bonds is 5. The second-order valence-corrected chi connectivity index (χ2v) is 6.17. The van der Waals surface area contributed by atoms with Crippen LogP contribution in [0.3, 0.4) is 0 Å². The predicted molar refractivity (Wildman–Crippen MR) is 76.1 cm³/mol. The van der Waals surface area contributed by atoms with Crippen molar-refractivity contribution in [2.45, 2.75) is 25.4 Å². The molecular formula is C13H15ClN2O2S. The van der Waals surface area contributed by atoms with Crippen LogP contribution in [0.25, 0.3) is 0 Å². The third-order valence-electron chi connectivity index (χ3n) is 2.93. The van der Waals surface area contributed by atoms with Crippen molar-refractivity contribution in [2.75, 3.05) is 6.54 Å². The number of halogens is 1. The minimum absolute atomic E-state index is 0.0592. The first kappa shape index (κ1) is 14.1. The Morgan fingerprint density at radius 2 is 2.42 bits per heavy atom. The van der Waals surface area contributed by atoms with Gasteiger partial charge >= 0.3 is 0 Å². The molecule has 102 valence electrons. The summed E-state index contributed by atoms with van der Waals surface area (Å²) >= 11 is 7.34. The molecule has 2 heterocycles. The number of thiophene rings is 1. The first-order valence-corrected chi connectivity index (χ1v) is 7.23. The number of hydrogen-bond acceptors (Lipinski definition) is 3. The van der Waals surface area contributed by atoms with Gasteiger partial charge in [0.2, 0.25) is 11.8 Å². The van der Waals surface area contributed by atoms with E-state index in [9.17, 15) is 9.59 Å². The van der Waals surface area contributed by atoms with E-state index in [4.69, 9.17) is 11.6 Å². The van der Waals surface area contributed by atoms with Gasteiger partial charge in [0.1, 0.15) is 6.04 Å². The van der Waals surface area contributed by atoms with Gasteiger partial charge in [-0.15, -0.1) is 17.9 Å². The zero-order chi connectivity index (χ0) is 13.8. The Bertz CT molecular complexity index is 501. The van der Waals surface area contributed by atoms with Crippen LogP contribution in [0, 0.1) is 0 Å². The highest BCUT2D eigenvalue weighted by molar-refractivity contribution is 7.16. The minimum atomic E-state index is -0.400. The molecule has 1 saturated heterocycles. The van der Waals surface area contributed by atoms with Crippen LogP contribution in [0.15, 0.2) is 24.8 Å². The summed E-state index contributed by atoms with van der Waals surface area (Å²) in [4.78, 5) is 26.2. The zero-order valence-corrected chi connectivity index (χ0v) is 12.0. The van der Waals surface area contributed by atoms with Gasteiger partial charge in [0.05, 0.1) is 10.9 Å². The molecule has 2 rings (SSSR count). The monoisotopic (exact) mass is 298 g/mol. The van der Waals surface area contributed by atoms with Crippen LogP contribution in [0.4, 0.5) is 0 Å². The van der Waals surface area contributed by atoms with Crippen molar-refractivity contribution < 1.29 is 9.59 Å². The first-order valence-electron chi connectivity index (χ1n) is 6.03. The molecular weight excluding hydrogens is 284 g/mol. The van der Waals surface area contributed by atoms with Gasteiger partial charge in [0, 0.05) is 17.8 Å². The highest BCUT2D eigenvalue weighted by Gasteiger charge is 2.30. The fourth-order valence-corrected chi connectivity index (χ4v) is 3.14. The lowest BCUT2D eigenvalue weighted by Gasteiger charge is -2.23. The van der Waals surface area contributed by atoms with E-state index in [1.165, 1.54) is 11.3 Å². The molecule has 1 aromatic heterocycles. The van der Waals surface area contributed by atoms with Crippen molar-refractivity contribution in [3.8, 4) is 0 Å². The molecule has 2 amide bonds. The number of carbonyl (C=O) groups is 2. The van der Waals surface area contributed by atoms with Crippen LogP contribution in [0.5, 0.6) is 0 Å². The standard InChI is InChI=1S/C13H15ClN2O2S/c1-2-7-16(8-9-3-5-11(14)19-9)13(18)10-4-6-12(17)15-10/h2-3,5,10H,1,4,6-8H2,(H,15,17)/t10-/m1/s1. The van der Waals surface area contributed by atoms with E-state index < -0.39 is 6.04 Å². The van der Waals surface area contributed by atoms with Crippen molar-refractivity contribution >= 4 is 34.8 Å². The zero-order valence-electron chi connectivity index (χ0n) is 10.4. The van der Waals surface area contributed by atoms with Gasteiger partial charge in [-0.1, -0.05) is 17.7 Å². The highest BCUT2D eigenvalue weighted by Crippen LogP contribution is 2.23. The maximum atomic E-state index is 12.3. The number of hydrogen-bond donors (Lipinski definition) is 1. The van der Waals surface area contributed by atoms with Crippen LogP contribution >= 0.6 is 22.9 Å². The van der Waals surface area contributed by atoms with Crippen molar-refractivity contribution in [1.29, 1.82) is 0 Å². The molecule has 1 fully saturated rings. The van der Waals surface area contributed by atoms with E-state index in [0.717, 1.165) is 4.88 Å². The molecule has 0 aliphatic carbocycles. The number of amides is 2. The van der Waals surface area contributed by atoms with Crippen LogP contribution in [-0.4, -0.2) is 29.3 Å². The Balaban J connectivity index is 2.04. The van der Waals surface area contributed by atoms with E-state index >= 15 is 0 Å². The van der Waals surface area contributed by atoms with Gasteiger partial charge < -0.3 is 10.2 Å². The fourth-order valence-electron chi connectivity index (χ4n) is 2.03. The molecule has 0 aromatic carbocycles. The summed E-state index contributed by atoms with van der Waals surface area (Å²) in [5.41, 5.74) is 0. The van der Waals surface area contributed by atoms with E-state index in [1.807, 2.05) is 12.1 Å². The maximum Gasteiger partial charge on any atom is 0.245 e. The Hall–Kier alpha value is -1.33. The summed E-state index contributed by atoms with van der Waals surface area (Å²) < 4.78 is 0.704. The van der Waals surface area contributed by atoms with Gasteiger partial charge in [0.15, 0.2) is 0 Å². The van der Waals surface area contributed by atoms with Crippen LogP contribution in [0.2, 0.25) is 4.34 Å². The minimum Gasteiger partial charge on any atom is -0.344 e. The van der Waals surface area contributed by atoms with E-state index in [2.05, 4.69) is 11.9 Å². The van der Waals surface area contributed by atoms with E-state index in [1.54, 1.807) is 11.0 Å². The molecule has 1 aliphatic heterocycles. The largest absolute Gasteiger partial charge is 0.344 e. The van der Waals surface area contributed by atoms with Crippen LogP contribution in [-0.2, 0) is 16.1 Å². The van der Waals surface area contributed by atoms with Gasteiger partial charge in [-0.3, -0.25) is 9.59 Å². The van der Waals surface area contributed by atoms with Crippen molar-refractivity contribution in [2.24, 2.45) is 0 Å². The molecule has 0 unspecified atom stereocenters. The summed E-state index contributed by atoms with van der Waals surface area (Å²) in [6, 6.07) is 3.32. The summed E-state index contributed by atoms with van der Waals surface area (Å²) in [5.74, 6) is -0.119. The molecule has 0 radical (unpaired) electrons. The van der Waals surface area contributed by atoms with E-state index in [-0.39, 0.29) is 11.8 Å². The SMILES string of the molecule is C=CCN(Cc1ccc(Cl)s1)C(=O)[C@H]1CCC(=O)N1. The molecule has 19 heavy (non-hydrogen) atoms. The van der Waals surface area contributed by atoms with Gasteiger partial charge in [-0.2, -0.15) is 0 Å². The average Bonchev–Trinajstić information content (AvgIpc) is 2.97. The van der Waals surface area contributed by atoms with Crippen molar-refractivity contribution in [3.63, 3.8) is 0 Å².